The second-order valence-corrected chi connectivity index (χ2v) is 10.1. The number of sulfonamides is 1. The van der Waals surface area contributed by atoms with Crippen LogP contribution in [0.1, 0.15) is 31.5 Å². The molecule has 2 aromatic rings. The summed E-state index contributed by atoms with van der Waals surface area (Å²) in [7, 11) is -3.63. The SMILES string of the molecule is Cc1nc(SCCNC(=O)COc2ccc(S(=O)(=O)NC3CCCC3)cc2Cl)n[nH]1. The lowest BCUT2D eigenvalue weighted by atomic mass is 10.3. The highest BCUT2D eigenvalue weighted by Crippen LogP contribution is 2.28. The van der Waals surface area contributed by atoms with E-state index in [1.807, 2.05) is 6.92 Å². The maximum atomic E-state index is 12.5. The molecule has 0 unspecified atom stereocenters. The number of nitrogens with one attached hydrogen (secondary N) is 3. The highest BCUT2D eigenvalue weighted by molar-refractivity contribution is 7.99. The molecular weight excluding hydrogens is 450 g/mol. The van der Waals surface area contributed by atoms with Crippen molar-refractivity contribution < 1.29 is 17.9 Å². The quantitative estimate of drug-likeness (QED) is 0.357. The number of nitrogens with zero attached hydrogens (tertiary/aromatic N) is 2. The first-order valence-electron chi connectivity index (χ1n) is 9.57. The number of amides is 1. The summed E-state index contributed by atoms with van der Waals surface area (Å²) in [6.45, 7) is 2.02. The van der Waals surface area contributed by atoms with Gasteiger partial charge in [-0.15, -0.1) is 5.10 Å². The van der Waals surface area contributed by atoms with Gasteiger partial charge in [0.25, 0.3) is 5.91 Å². The first-order valence-corrected chi connectivity index (χ1v) is 12.4. The molecule has 0 aliphatic heterocycles. The number of ether oxygens (including phenoxy) is 1. The molecule has 1 amide bonds. The Hall–Kier alpha value is -1.82. The minimum Gasteiger partial charge on any atom is -0.482 e. The Balaban J connectivity index is 1.44. The third kappa shape index (κ3) is 6.59. The van der Waals surface area contributed by atoms with Gasteiger partial charge in [0.05, 0.1) is 9.92 Å². The number of hydrogen-bond acceptors (Lipinski definition) is 7. The fourth-order valence-electron chi connectivity index (χ4n) is 3.01. The normalized spacial score (nSPS) is 14.7. The van der Waals surface area contributed by atoms with Crippen LogP contribution in [-0.2, 0) is 14.8 Å². The molecule has 1 aromatic heterocycles. The van der Waals surface area contributed by atoms with Gasteiger partial charge in [0, 0.05) is 18.3 Å². The monoisotopic (exact) mass is 473 g/mol. The molecule has 0 saturated heterocycles. The number of aryl methyl sites for hydroxylation is 1. The van der Waals surface area contributed by atoms with Crippen LogP contribution in [0.5, 0.6) is 5.75 Å². The maximum Gasteiger partial charge on any atom is 0.257 e. The number of carbonyl (C=O) groups is 1. The van der Waals surface area contributed by atoms with Gasteiger partial charge in [-0.05, 0) is 38.0 Å². The van der Waals surface area contributed by atoms with Crippen LogP contribution in [0, 0.1) is 6.92 Å². The Bertz CT molecular complexity index is 977. The van der Waals surface area contributed by atoms with Gasteiger partial charge in [-0.3, -0.25) is 9.89 Å². The number of aromatic amines is 1. The van der Waals surface area contributed by atoms with Crippen molar-refractivity contribution in [1.29, 1.82) is 0 Å². The number of hydrogen-bond donors (Lipinski definition) is 3. The van der Waals surface area contributed by atoms with E-state index in [1.165, 1.54) is 30.0 Å². The van der Waals surface area contributed by atoms with Crippen LogP contribution in [0.4, 0.5) is 0 Å². The summed E-state index contributed by atoms with van der Waals surface area (Å²) in [5, 5.41) is 10.2. The summed E-state index contributed by atoms with van der Waals surface area (Å²) >= 11 is 7.59. The number of benzene rings is 1. The average Bonchev–Trinajstić information content (AvgIpc) is 3.35. The highest BCUT2D eigenvalue weighted by Gasteiger charge is 2.23. The predicted molar refractivity (Wildman–Crippen MR) is 114 cm³/mol. The summed E-state index contributed by atoms with van der Waals surface area (Å²) in [6, 6.07) is 4.19. The summed E-state index contributed by atoms with van der Waals surface area (Å²) in [5.74, 6) is 1.29. The third-order valence-corrected chi connectivity index (χ3v) is 7.14. The summed E-state index contributed by atoms with van der Waals surface area (Å²) in [6.07, 6.45) is 3.75. The molecule has 12 heteroatoms. The van der Waals surface area contributed by atoms with Gasteiger partial charge in [0.15, 0.2) is 6.61 Å². The Labute approximate surface area is 184 Å². The van der Waals surface area contributed by atoms with E-state index in [0.29, 0.717) is 17.5 Å². The zero-order valence-electron chi connectivity index (χ0n) is 16.5. The lowest BCUT2D eigenvalue weighted by Gasteiger charge is -2.14. The van der Waals surface area contributed by atoms with Crippen molar-refractivity contribution in [2.24, 2.45) is 0 Å². The summed E-state index contributed by atoms with van der Waals surface area (Å²) in [4.78, 5) is 16.2. The van der Waals surface area contributed by atoms with Crippen LogP contribution in [-0.4, -0.2) is 54.5 Å². The summed E-state index contributed by atoms with van der Waals surface area (Å²) < 4.78 is 33.1. The van der Waals surface area contributed by atoms with Crippen LogP contribution >= 0.6 is 23.4 Å². The van der Waals surface area contributed by atoms with Gasteiger partial charge < -0.3 is 10.1 Å². The molecule has 1 saturated carbocycles. The fraction of sp³-hybridized carbons (Fsp3) is 0.500. The fourth-order valence-corrected chi connectivity index (χ4v) is 5.34. The van der Waals surface area contributed by atoms with Gasteiger partial charge in [-0.2, -0.15) is 0 Å². The number of H-pyrrole nitrogens is 1. The number of thioether (sulfide) groups is 1. The lowest BCUT2D eigenvalue weighted by molar-refractivity contribution is -0.122. The van der Waals surface area contributed by atoms with Crippen LogP contribution in [0.2, 0.25) is 5.02 Å². The molecule has 164 valence electrons. The lowest BCUT2D eigenvalue weighted by Crippen LogP contribution is -2.32. The molecule has 3 N–H and O–H groups in total. The minimum atomic E-state index is -3.63. The topological polar surface area (TPSA) is 126 Å². The Kier molecular flexibility index (Phi) is 7.98. The van der Waals surface area contributed by atoms with E-state index in [4.69, 9.17) is 16.3 Å². The highest BCUT2D eigenvalue weighted by atomic mass is 35.5. The van der Waals surface area contributed by atoms with E-state index in [1.54, 1.807) is 0 Å². The van der Waals surface area contributed by atoms with Crippen LogP contribution in [0.15, 0.2) is 28.3 Å². The molecule has 0 radical (unpaired) electrons. The molecule has 0 spiro atoms. The van der Waals surface area contributed by atoms with Gasteiger partial charge in [-0.25, -0.2) is 18.1 Å². The second kappa shape index (κ2) is 10.5. The van der Waals surface area contributed by atoms with E-state index in [-0.39, 0.29) is 34.2 Å². The predicted octanol–water partition coefficient (Wildman–Crippen LogP) is 2.27. The number of halogens is 1. The zero-order valence-corrected chi connectivity index (χ0v) is 18.9. The molecule has 1 heterocycles. The van der Waals surface area contributed by atoms with E-state index < -0.39 is 10.0 Å². The molecule has 0 bridgehead atoms. The molecule has 3 rings (SSSR count). The van der Waals surface area contributed by atoms with Crippen molar-refractivity contribution >= 4 is 39.3 Å². The van der Waals surface area contributed by atoms with E-state index >= 15 is 0 Å². The molecule has 1 aromatic carbocycles. The average molecular weight is 474 g/mol. The Morgan fingerprint density at radius 3 is 2.80 bits per heavy atom. The number of aromatic nitrogens is 3. The van der Waals surface area contributed by atoms with Gasteiger partial charge in [-0.1, -0.05) is 36.2 Å². The van der Waals surface area contributed by atoms with E-state index in [2.05, 4.69) is 25.2 Å². The molecule has 30 heavy (non-hydrogen) atoms. The van der Waals surface area contributed by atoms with Gasteiger partial charge in [0.1, 0.15) is 11.6 Å². The molecule has 1 aliphatic rings. The zero-order chi connectivity index (χ0) is 21.6. The molecular formula is C18H24ClN5O4S2. The van der Waals surface area contributed by atoms with Crippen molar-refractivity contribution in [3.05, 3.63) is 29.0 Å². The second-order valence-electron chi connectivity index (χ2n) is 6.89. The molecule has 1 aliphatic carbocycles. The van der Waals surface area contributed by atoms with Crippen molar-refractivity contribution in [1.82, 2.24) is 25.2 Å². The largest absolute Gasteiger partial charge is 0.482 e. The van der Waals surface area contributed by atoms with Crippen molar-refractivity contribution in [2.75, 3.05) is 18.9 Å². The van der Waals surface area contributed by atoms with E-state index in [0.717, 1.165) is 31.5 Å². The van der Waals surface area contributed by atoms with Gasteiger partial charge in [0.2, 0.25) is 15.2 Å². The van der Waals surface area contributed by atoms with Crippen molar-refractivity contribution in [3.8, 4) is 5.75 Å². The van der Waals surface area contributed by atoms with Crippen molar-refractivity contribution in [2.45, 2.75) is 48.7 Å². The Morgan fingerprint density at radius 1 is 1.37 bits per heavy atom. The first kappa shape index (κ1) is 22.9. The van der Waals surface area contributed by atoms with Crippen molar-refractivity contribution in [3.63, 3.8) is 0 Å². The van der Waals surface area contributed by atoms with Crippen LogP contribution in [0.3, 0.4) is 0 Å². The summed E-state index contributed by atoms with van der Waals surface area (Å²) in [5.41, 5.74) is 0. The standard InChI is InChI=1S/C18H24ClN5O4S2/c1-12-21-18(23-22-12)29-9-8-20-17(25)11-28-16-7-6-14(10-15(16)19)30(26,27)24-13-4-2-3-5-13/h6-7,10,13,24H,2-5,8-9,11H2,1H3,(H,20,25)(H,21,22,23). The molecule has 1 fully saturated rings. The maximum absolute atomic E-state index is 12.5. The Morgan fingerprint density at radius 2 is 2.13 bits per heavy atom. The third-order valence-electron chi connectivity index (χ3n) is 4.48. The molecule has 0 atom stereocenters. The number of carbonyl (C=O) groups excluding carboxylic acids is 1. The molecule has 9 nitrogen and oxygen atoms in total. The minimum absolute atomic E-state index is 0.0283. The van der Waals surface area contributed by atoms with Crippen LogP contribution < -0.4 is 14.8 Å². The number of rotatable bonds is 10. The van der Waals surface area contributed by atoms with Gasteiger partial charge >= 0.3 is 0 Å². The van der Waals surface area contributed by atoms with Crippen LogP contribution in [0.25, 0.3) is 0 Å². The van der Waals surface area contributed by atoms with E-state index in [9.17, 15) is 13.2 Å². The first-order chi connectivity index (χ1) is 14.3. The smallest absolute Gasteiger partial charge is 0.257 e.